The van der Waals surface area contributed by atoms with Crippen LogP contribution in [-0.2, 0) is 11.3 Å². The van der Waals surface area contributed by atoms with Gasteiger partial charge in [0.2, 0.25) is 0 Å². The molecule has 6 nitrogen and oxygen atoms in total. The highest BCUT2D eigenvalue weighted by Crippen LogP contribution is 2.30. The van der Waals surface area contributed by atoms with Crippen LogP contribution in [0.1, 0.15) is 4.88 Å². The molecule has 0 aliphatic carbocycles. The van der Waals surface area contributed by atoms with Gasteiger partial charge in [0.05, 0.1) is 17.9 Å². The smallest absolute Gasteiger partial charge is 0.263 e. The summed E-state index contributed by atoms with van der Waals surface area (Å²) in [5.74, 6) is -0.387. The third-order valence-electron chi connectivity index (χ3n) is 3.88. The summed E-state index contributed by atoms with van der Waals surface area (Å²) >= 11 is 2.93. The quantitative estimate of drug-likeness (QED) is 0.417. The second-order valence-electron chi connectivity index (χ2n) is 5.68. The van der Waals surface area contributed by atoms with Gasteiger partial charge >= 0.3 is 0 Å². The van der Waals surface area contributed by atoms with Gasteiger partial charge in [0, 0.05) is 15.8 Å². The molecular weight excluding hydrogens is 380 g/mol. The first-order valence-electron chi connectivity index (χ1n) is 8.10. The summed E-state index contributed by atoms with van der Waals surface area (Å²) in [5.41, 5.74) is 3.98. The van der Waals surface area contributed by atoms with Crippen molar-refractivity contribution < 1.29 is 4.79 Å². The van der Waals surface area contributed by atoms with E-state index in [0.29, 0.717) is 10.2 Å². The lowest BCUT2D eigenvalue weighted by Gasteiger charge is -2.05. The van der Waals surface area contributed by atoms with Gasteiger partial charge in [0.25, 0.3) is 11.5 Å². The van der Waals surface area contributed by atoms with Crippen LogP contribution in [0.2, 0.25) is 0 Å². The molecule has 8 heteroatoms. The number of fused-ring (bicyclic) bond motifs is 1. The Morgan fingerprint density at radius 3 is 2.81 bits per heavy atom. The Hall–Kier alpha value is -3.10. The molecule has 0 bridgehead atoms. The molecule has 3 heterocycles. The minimum atomic E-state index is -0.387. The Morgan fingerprint density at radius 1 is 1.19 bits per heavy atom. The number of hydrogen-bond donors (Lipinski definition) is 1. The number of benzene rings is 1. The maximum atomic E-state index is 12.9. The first kappa shape index (κ1) is 17.3. The third-order valence-corrected chi connectivity index (χ3v) is 5.58. The van der Waals surface area contributed by atoms with Gasteiger partial charge in [-0.05, 0) is 17.0 Å². The van der Waals surface area contributed by atoms with Crippen LogP contribution in [0, 0.1) is 0 Å². The fourth-order valence-corrected chi connectivity index (χ4v) is 4.12. The van der Waals surface area contributed by atoms with Gasteiger partial charge in [-0.3, -0.25) is 14.2 Å². The predicted molar refractivity (Wildman–Crippen MR) is 109 cm³/mol. The van der Waals surface area contributed by atoms with Crippen LogP contribution in [0.4, 0.5) is 0 Å². The van der Waals surface area contributed by atoms with E-state index >= 15 is 0 Å². The summed E-state index contributed by atoms with van der Waals surface area (Å²) in [6.07, 6.45) is 2.97. The van der Waals surface area contributed by atoms with E-state index in [1.54, 1.807) is 6.21 Å². The Kier molecular flexibility index (Phi) is 4.91. The molecule has 0 unspecified atom stereocenters. The highest BCUT2D eigenvalue weighted by atomic mass is 32.1. The van der Waals surface area contributed by atoms with E-state index in [4.69, 9.17) is 0 Å². The second kappa shape index (κ2) is 7.65. The number of nitrogens with zero attached hydrogens (tertiary/aromatic N) is 3. The number of amides is 1. The zero-order valence-electron chi connectivity index (χ0n) is 14.0. The minimum absolute atomic E-state index is 0.145. The number of thiophene rings is 2. The molecule has 0 aliphatic heterocycles. The van der Waals surface area contributed by atoms with Gasteiger partial charge in [-0.2, -0.15) is 5.10 Å². The molecule has 0 saturated heterocycles. The van der Waals surface area contributed by atoms with E-state index in [1.165, 1.54) is 33.6 Å². The zero-order chi connectivity index (χ0) is 18.6. The lowest BCUT2D eigenvalue weighted by molar-refractivity contribution is -0.121. The number of carbonyl (C=O) groups excluding carboxylic acids is 1. The van der Waals surface area contributed by atoms with Crippen molar-refractivity contribution in [1.82, 2.24) is 15.0 Å². The Morgan fingerprint density at radius 2 is 2.04 bits per heavy atom. The Bertz CT molecular complexity index is 1160. The molecule has 4 rings (SSSR count). The number of carbonyl (C=O) groups is 1. The molecule has 0 aliphatic rings. The normalized spacial score (nSPS) is 11.3. The highest BCUT2D eigenvalue weighted by molar-refractivity contribution is 7.17. The molecule has 0 spiro atoms. The third kappa shape index (κ3) is 3.71. The minimum Gasteiger partial charge on any atom is -0.289 e. The van der Waals surface area contributed by atoms with Crippen LogP contribution < -0.4 is 11.0 Å². The van der Waals surface area contributed by atoms with Gasteiger partial charge in [-0.1, -0.05) is 36.4 Å². The van der Waals surface area contributed by atoms with Gasteiger partial charge < -0.3 is 0 Å². The van der Waals surface area contributed by atoms with E-state index in [0.717, 1.165) is 16.0 Å². The lowest BCUT2D eigenvalue weighted by atomic mass is 10.1. The zero-order valence-corrected chi connectivity index (χ0v) is 15.7. The molecule has 1 N–H and O–H groups in total. The molecular formula is C19H14N4O2S2. The molecule has 0 fully saturated rings. The number of hydrogen-bond acceptors (Lipinski definition) is 6. The first-order valence-corrected chi connectivity index (χ1v) is 9.86. The topological polar surface area (TPSA) is 76.3 Å². The number of aromatic nitrogens is 2. The first-order chi connectivity index (χ1) is 13.2. The summed E-state index contributed by atoms with van der Waals surface area (Å²) in [6.45, 7) is -0.145. The standard InChI is InChI=1S/C19H14N4O2S2/c24-16(22-21-9-14-7-4-8-26-14)10-23-12-20-18-17(19(23)25)15(11-27-18)13-5-2-1-3-6-13/h1-9,11-12H,10H2,(H,22,24). The molecule has 1 amide bonds. The molecule has 27 heavy (non-hydrogen) atoms. The van der Waals surface area contributed by atoms with E-state index in [1.807, 2.05) is 53.2 Å². The number of hydrazone groups is 1. The monoisotopic (exact) mass is 394 g/mol. The molecule has 0 radical (unpaired) electrons. The number of nitrogens with one attached hydrogen (secondary N) is 1. The van der Waals surface area contributed by atoms with Crippen molar-refractivity contribution >= 4 is 45.0 Å². The van der Waals surface area contributed by atoms with Crippen molar-refractivity contribution in [3.63, 3.8) is 0 Å². The van der Waals surface area contributed by atoms with Crippen LogP contribution in [-0.4, -0.2) is 21.7 Å². The van der Waals surface area contributed by atoms with Crippen LogP contribution in [0.25, 0.3) is 21.3 Å². The summed E-state index contributed by atoms with van der Waals surface area (Å²) in [4.78, 5) is 30.9. The summed E-state index contributed by atoms with van der Waals surface area (Å²) in [5, 5.41) is 8.29. The summed E-state index contributed by atoms with van der Waals surface area (Å²) in [6, 6.07) is 13.5. The fraction of sp³-hybridized carbons (Fsp3) is 0.0526. The maximum absolute atomic E-state index is 12.9. The Labute approximate surface area is 162 Å². The van der Waals surface area contributed by atoms with Crippen molar-refractivity contribution in [2.24, 2.45) is 5.10 Å². The maximum Gasteiger partial charge on any atom is 0.263 e. The van der Waals surface area contributed by atoms with Crippen molar-refractivity contribution in [1.29, 1.82) is 0 Å². The fourth-order valence-electron chi connectivity index (χ4n) is 2.63. The summed E-state index contributed by atoms with van der Waals surface area (Å²) < 4.78 is 1.30. The average molecular weight is 394 g/mol. The van der Waals surface area contributed by atoms with E-state index in [-0.39, 0.29) is 18.0 Å². The summed E-state index contributed by atoms with van der Waals surface area (Å²) in [7, 11) is 0. The molecule has 3 aromatic heterocycles. The van der Waals surface area contributed by atoms with Gasteiger partial charge in [0.15, 0.2) is 0 Å². The largest absolute Gasteiger partial charge is 0.289 e. The van der Waals surface area contributed by atoms with Gasteiger partial charge in [-0.25, -0.2) is 10.4 Å². The Balaban J connectivity index is 1.58. The molecule has 0 saturated carbocycles. The van der Waals surface area contributed by atoms with Crippen molar-refractivity contribution in [3.8, 4) is 11.1 Å². The van der Waals surface area contributed by atoms with E-state index in [9.17, 15) is 9.59 Å². The van der Waals surface area contributed by atoms with Crippen molar-refractivity contribution in [2.45, 2.75) is 6.54 Å². The van der Waals surface area contributed by atoms with Crippen LogP contribution in [0.15, 0.2) is 69.4 Å². The van der Waals surface area contributed by atoms with Crippen LogP contribution in [0.5, 0.6) is 0 Å². The van der Waals surface area contributed by atoms with E-state index < -0.39 is 0 Å². The van der Waals surface area contributed by atoms with Crippen molar-refractivity contribution in [3.05, 3.63) is 74.8 Å². The lowest BCUT2D eigenvalue weighted by Crippen LogP contribution is -2.30. The van der Waals surface area contributed by atoms with Gasteiger partial charge in [-0.15, -0.1) is 22.7 Å². The van der Waals surface area contributed by atoms with Gasteiger partial charge in [0.1, 0.15) is 11.4 Å². The molecule has 134 valence electrons. The molecule has 4 aromatic rings. The second-order valence-corrected chi connectivity index (χ2v) is 7.52. The van der Waals surface area contributed by atoms with E-state index in [2.05, 4.69) is 15.5 Å². The number of rotatable bonds is 5. The average Bonchev–Trinajstić information content (AvgIpc) is 3.35. The molecule has 0 atom stereocenters. The molecule has 1 aromatic carbocycles. The van der Waals surface area contributed by atoms with Crippen LogP contribution >= 0.6 is 22.7 Å². The highest BCUT2D eigenvalue weighted by Gasteiger charge is 2.14. The predicted octanol–water partition coefficient (Wildman–Crippen LogP) is 3.34. The SMILES string of the molecule is O=C(Cn1cnc2scc(-c3ccccc3)c2c1=O)NN=Cc1cccs1. The van der Waals surface area contributed by atoms with Crippen LogP contribution in [0.3, 0.4) is 0 Å². The van der Waals surface area contributed by atoms with Crippen molar-refractivity contribution in [2.75, 3.05) is 0 Å².